The number of ether oxygens (including phenoxy) is 2. The Morgan fingerprint density at radius 3 is 1.91 bits per heavy atom. The van der Waals surface area contributed by atoms with Crippen molar-refractivity contribution < 1.29 is 19.1 Å². The fraction of sp³-hybridized carbons (Fsp3) is 0.178. The molecule has 5 aromatic carbocycles. The van der Waals surface area contributed by atoms with Gasteiger partial charge in [0.15, 0.2) is 5.82 Å². The topological polar surface area (TPSA) is 125 Å². The summed E-state index contributed by atoms with van der Waals surface area (Å²) in [7, 11) is 0. The number of tetrazole rings is 1. The Balaban J connectivity index is 1.26. The lowest BCUT2D eigenvalue weighted by Gasteiger charge is -2.36. The molecule has 7 rings (SSSR count). The highest BCUT2D eigenvalue weighted by molar-refractivity contribution is 5.94. The number of esters is 2. The first kappa shape index (κ1) is 37.3. The quantitative estimate of drug-likeness (QED) is 0.0578. The SMILES string of the molecule is CCCCN(Cc1ccc(-c2ccccc2-c2nnnn2C(c2ccccc2)(c2ccccc2)c2ccccc2)cc1)c1ncncc1C(=O)OCOC(C)=O. The molecule has 11 heteroatoms. The van der Waals surface area contributed by atoms with Crippen molar-refractivity contribution in [2.24, 2.45) is 0 Å². The minimum absolute atomic E-state index is 0.191. The number of carbonyl (C=O) groups excluding carboxylic acids is 2. The average molecular weight is 744 g/mol. The van der Waals surface area contributed by atoms with E-state index in [1.807, 2.05) is 76.3 Å². The molecule has 0 spiro atoms. The van der Waals surface area contributed by atoms with Gasteiger partial charge in [-0.2, -0.15) is 0 Å². The summed E-state index contributed by atoms with van der Waals surface area (Å²) in [6.45, 7) is 4.00. The highest BCUT2D eigenvalue weighted by Crippen LogP contribution is 2.43. The van der Waals surface area contributed by atoms with Crippen molar-refractivity contribution >= 4 is 17.8 Å². The molecule has 0 radical (unpaired) electrons. The summed E-state index contributed by atoms with van der Waals surface area (Å²) < 4.78 is 11.9. The third kappa shape index (κ3) is 7.78. The van der Waals surface area contributed by atoms with E-state index in [2.05, 4.69) is 94.9 Å². The molecule has 7 aromatic rings. The second-order valence-electron chi connectivity index (χ2n) is 13.2. The number of anilines is 1. The van der Waals surface area contributed by atoms with E-state index in [1.54, 1.807) is 0 Å². The summed E-state index contributed by atoms with van der Waals surface area (Å²) in [5, 5.41) is 13.8. The van der Waals surface area contributed by atoms with Crippen molar-refractivity contribution in [1.82, 2.24) is 30.2 Å². The molecule has 11 nitrogen and oxygen atoms in total. The van der Waals surface area contributed by atoms with E-state index in [9.17, 15) is 9.59 Å². The molecule has 0 amide bonds. The Morgan fingerprint density at radius 1 is 0.732 bits per heavy atom. The van der Waals surface area contributed by atoms with Crippen molar-refractivity contribution in [2.45, 2.75) is 38.8 Å². The summed E-state index contributed by atoms with van der Waals surface area (Å²) in [5.74, 6) is -0.158. The smallest absolute Gasteiger partial charge is 0.346 e. The highest BCUT2D eigenvalue weighted by atomic mass is 16.7. The van der Waals surface area contributed by atoms with Gasteiger partial charge < -0.3 is 14.4 Å². The largest absolute Gasteiger partial charge is 0.428 e. The Bertz CT molecular complexity index is 2270. The van der Waals surface area contributed by atoms with Crippen LogP contribution in [0.5, 0.6) is 0 Å². The molecule has 0 aliphatic rings. The molecule has 56 heavy (non-hydrogen) atoms. The van der Waals surface area contributed by atoms with Crippen molar-refractivity contribution in [1.29, 1.82) is 0 Å². The van der Waals surface area contributed by atoms with Crippen molar-refractivity contribution in [3.63, 3.8) is 0 Å². The van der Waals surface area contributed by atoms with Gasteiger partial charge in [-0.15, -0.1) is 5.10 Å². The first-order valence-corrected chi connectivity index (χ1v) is 18.5. The zero-order valence-corrected chi connectivity index (χ0v) is 31.2. The van der Waals surface area contributed by atoms with Gasteiger partial charge in [-0.1, -0.05) is 153 Å². The molecule has 0 atom stereocenters. The van der Waals surface area contributed by atoms with Gasteiger partial charge in [-0.05, 0) is 50.2 Å². The van der Waals surface area contributed by atoms with Gasteiger partial charge in [0.05, 0.1) is 0 Å². The minimum atomic E-state index is -0.895. The van der Waals surface area contributed by atoms with Gasteiger partial charge in [-0.25, -0.2) is 19.4 Å². The van der Waals surface area contributed by atoms with Crippen molar-refractivity contribution in [3.05, 3.63) is 180 Å². The number of aromatic nitrogens is 6. The van der Waals surface area contributed by atoms with Crippen LogP contribution in [0.2, 0.25) is 0 Å². The van der Waals surface area contributed by atoms with Crippen LogP contribution in [0, 0.1) is 0 Å². The number of hydrogen-bond acceptors (Lipinski definition) is 10. The Morgan fingerprint density at radius 2 is 1.32 bits per heavy atom. The van der Waals surface area contributed by atoms with Crippen LogP contribution >= 0.6 is 0 Å². The lowest BCUT2D eigenvalue weighted by Crippen LogP contribution is -2.39. The number of unbranched alkanes of at least 4 members (excludes halogenated alkanes) is 1. The van der Waals surface area contributed by atoms with E-state index in [0.29, 0.717) is 24.7 Å². The predicted molar refractivity (Wildman–Crippen MR) is 213 cm³/mol. The maximum atomic E-state index is 13.0. The van der Waals surface area contributed by atoms with E-state index in [4.69, 9.17) is 19.8 Å². The number of benzene rings is 5. The van der Waals surface area contributed by atoms with Gasteiger partial charge in [0, 0.05) is 31.8 Å². The maximum Gasteiger partial charge on any atom is 0.346 e. The summed E-state index contributed by atoms with van der Waals surface area (Å²) in [5.41, 5.74) is 6.20. The second kappa shape index (κ2) is 17.4. The van der Waals surface area contributed by atoms with Crippen LogP contribution in [-0.4, -0.2) is 55.5 Å². The van der Waals surface area contributed by atoms with E-state index >= 15 is 0 Å². The molecule has 0 aliphatic carbocycles. The summed E-state index contributed by atoms with van der Waals surface area (Å²) >= 11 is 0. The Hall–Kier alpha value is -7.01. The lowest BCUT2D eigenvalue weighted by molar-refractivity contribution is -0.149. The van der Waals surface area contributed by atoms with E-state index in [0.717, 1.165) is 51.8 Å². The maximum absolute atomic E-state index is 13.0. The number of hydrogen-bond donors (Lipinski definition) is 0. The van der Waals surface area contributed by atoms with E-state index in [-0.39, 0.29) is 5.56 Å². The zero-order chi connectivity index (χ0) is 38.7. The zero-order valence-electron chi connectivity index (χ0n) is 31.2. The van der Waals surface area contributed by atoms with Crippen LogP contribution in [0.25, 0.3) is 22.5 Å². The molecular formula is C45H41N7O4. The van der Waals surface area contributed by atoms with Crippen LogP contribution in [-0.2, 0) is 26.4 Å². The second-order valence-corrected chi connectivity index (χ2v) is 13.2. The first-order chi connectivity index (χ1) is 27.5. The van der Waals surface area contributed by atoms with Crippen LogP contribution in [0.4, 0.5) is 5.82 Å². The molecule has 0 N–H and O–H groups in total. The van der Waals surface area contributed by atoms with Gasteiger partial charge in [0.25, 0.3) is 0 Å². The lowest BCUT2D eigenvalue weighted by atomic mass is 9.77. The van der Waals surface area contributed by atoms with Crippen LogP contribution in [0.1, 0.15) is 59.3 Å². The highest BCUT2D eigenvalue weighted by Gasteiger charge is 2.42. The third-order valence-corrected chi connectivity index (χ3v) is 9.61. The Labute approximate surface area is 325 Å². The fourth-order valence-corrected chi connectivity index (χ4v) is 7.00. The third-order valence-electron chi connectivity index (χ3n) is 9.61. The molecular weight excluding hydrogens is 703 g/mol. The average Bonchev–Trinajstić information content (AvgIpc) is 3.74. The Kier molecular flexibility index (Phi) is 11.6. The normalized spacial score (nSPS) is 11.2. The fourth-order valence-electron chi connectivity index (χ4n) is 7.00. The van der Waals surface area contributed by atoms with E-state index in [1.165, 1.54) is 19.4 Å². The van der Waals surface area contributed by atoms with Crippen LogP contribution in [0.3, 0.4) is 0 Å². The number of rotatable bonds is 15. The summed E-state index contributed by atoms with van der Waals surface area (Å²) in [6.07, 6.45) is 4.66. The van der Waals surface area contributed by atoms with Crippen molar-refractivity contribution in [3.8, 4) is 22.5 Å². The van der Waals surface area contributed by atoms with Gasteiger partial charge >= 0.3 is 11.9 Å². The predicted octanol–water partition coefficient (Wildman–Crippen LogP) is 8.12. The van der Waals surface area contributed by atoms with Gasteiger partial charge in [0.1, 0.15) is 23.2 Å². The first-order valence-electron chi connectivity index (χ1n) is 18.5. The molecule has 0 unspecified atom stereocenters. The molecule has 0 saturated heterocycles. The molecule has 0 aliphatic heterocycles. The molecule has 2 heterocycles. The summed E-state index contributed by atoms with van der Waals surface area (Å²) in [6, 6.07) is 47.5. The number of nitrogens with zero attached hydrogens (tertiary/aromatic N) is 7. The van der Waals surface area contributed by atoms with Gasteiger partial charge in [0.2, 0.25) is 6.79 Å². The molecule has 0 bridgehead atoms. The molecule has 0 saturated carbocycles. The molecule has 2 aromatic heterocycles. The number of carbonyl (C=O) groups is 2. The summed E-state index contributed by atoms with van der Waals surface area (Å²) in [4.78, 5) is 34.8. The van der Waals surface area contributed by atoms with Crippen LogP contribution in [0.15, 0.2) is 152 Å². The standard InChI is InChI=1S/C45H41N7O4/c1-3-4-28-51(42-41(29-46-31-47-42)44(54)56-32-55-33(2)53)30-34-24-26-35(27-25-34)39-22-14-15-23-40(39)43-48-49-50-52(43)45(36-16-8-5-9-17-36,37-18-10-6-11-19-37)38-20-12-7-13-21-38/h5-27,29,31H,3-4,28,30,32H2,1-2H3. The van der Waals surface area contributed by atoms with Crippen molar-refractivity contribution in [2.75, 3.05) is 18.2 Å². The van der Waals surface area contributed by atoms with E-state index < -0.39 is 24.3 Å². The monoisotopic (exact) mass is 743 g/mol. The molecule has 0 fully saturated rings. The minimum Gasteiger partial charge on any atom is -0.428 e. The van der Waals surface area contributed by atoms with Crippen LogP contribution < -0.4 is 4.90 Å². The van der Waals surface area contributed by atoms with Gasteiger partial charge in [-0.3, -0.25) is 4.79 Å². The molecule has 280 valence electrons.